The standard InChI is InChI=1S/C20H18N2O2/c1-23-19-12-18-15(14-5-3-4-6-16(14)19)9-10-22(18)17-8-7-13(21)11-20(17)24-2/h3-12H,21H2,1-2H3. The molecule has 1 aromatic heterocycles. The van der Waals surface area contributed by atoms with Gasteiger partial charge in [0.2, 0.25) is 0 Å². The Bertz CT molecular complexity index is 1050. The van der Waals surface area contributed by atoms with Gasteiger partial charge >= 0.3 is 0 Å². The van der Waals surface area contributed by atoms with E-state index in [-0.39, 0.29) is 0 Å². The van der Waals surface area contributed by atoms with Gasteiger partial charge in [-0.15, -0.1) is 0 Å². The largest absolute Gasteiger partial charge is 0.496 e. The molecule has 24 heavy (non-hydrogen) atoms. The van der Waals surface area contributed by atoms with Crippen LogP contribution in [0.5, 0.6) is 11.5 Å². The Labute approximate surface area is 140 Å². The minimum atomic E-state index is 0.676. The van der Waals surface area contributed by atoms with Crippen molar-refractivity contribution in [2.45, 2.75) is 0 Å². The molecule has 0 saturated carbocycles. The highest BCUT2D eigenvalue weighted by Gasteiger charge is 2.13. The lowest BCUT2D eigenvalue weighted by Crippen LogP contribution is -1.98. The number of benzene rings is 3. The third-order valence-electron chi connectivity index (χ3n) is 4.36. The van der Waals surface area contributed by atoms with Crippen LogP contribution in [0.2, 0.25) is 0 Å². The van der Waals surface area contributed by atoms with Crippen molar-refractivity contribution in [1.29, 1.82) is 0 Å². The van der Waals surface area contributed by atoms with E-state index in [0.717, 1.165) is 28.1 Å². The number of hydrogen-bond donors (Lipinski definition) is 1. The van der Waals surface area contributed by atoms with Gasteiger partial charge in [-0.3, -0.25) is 0 Å². The van der Waals surface area contributed by atoms with Gasteiger partial charge in [0, 0.05) is 34.8 Å². The van der Waals surface area contributed by atoms with E-state index in [1.54, 1.807) is 14.2 Å². The smallest absolute Gasteiger partial charge is 0.144 e. The summed E-state index contributed by atoms with van der Waals surface area (Å²) >= 11 is 0. The zero-order valence-electron chi connectivity index (χ0n) is 13.6. The van der Waals surface area contributed by atoms with Gasteiger partial charge in [-0.1, -0.05) is 24.3 Å². The summed E-state index contributed by atoms with van der Waals surface area (Å²) in [6, 6.07) is 18.1. The van der Waals surface area contributed by atoms with E-state index < -0.39 is 0 Å². The van der Waals surface area contributed by atoms with Crippen LogP contribution in [-0.2, 0) is 0 Å². The van der Waals surface area contributed by atoms with Crippen molar-refractivity contribution in [1.82, 2.24) is 4.57 Å². The molecule has 4 aromatic rings. The molecule has 2 N–H and O–H groups in total. The van der Waals surface area contributed by atoms with E-state index in [0.29, 0.717) is 5.69 Å². The van der Waals surface area contributed by atoms with Crippen molar-refractivity contribution >= 4 is 27.4 Å². The third kappa shape index (κ3) is 2.07. The summed E-state index contributed by atoms with van der Waals surface area (Å²) in [4.78, 5) is 0. The predicted molar refractivity (Wildman–Crippen MR) is 98.3 cm³/mol. The molecule has 3 aromatic carbocycles. The molecule has 0 amide bonds. The predicted octanol–water partition coefficient (Wildman–Crippen LogP) is 4.38. The van der Waals surface area contributed by atoms with Crippen LogP contribution >= 0.6 is 0 Å². The third-order valence-corrected chi connectivity index (χ3v) is 4.36. The lowest BCUT2D eigenvalue weighted by atomic mass is 10.1. The van der Waals surface area contributed by atoms with Gasteiger partial charge in [-0.05, 0) is 23.6 Å². The molecule has 0 unspecified atom stereocenters. The topological polar surface area (TPSA) is 49.4 Å². The van der Waals surface area contributed by atoms with Crippen molar-refractivity contribution in [2.24, 2.45) is 0 Å². The summed E-state index contributed by atoms with van der Waals surface area (Å²) in [5, 5.41) is 3.44. The summed E-state index contributed by atoms with van der Waals surface area (Å²) in [6.07, 6.45) is 2.05. The van der Waals surface area contributed by atoms with E-state index in [4.69, 9.17) is 15.2 Å². The van der Waals surface area contributed by atoms with Gasteiger partial charge in [0.05, 0.1) is 25.4 Å². The number of rotatable bonds is 3. The number of ether oxygens (including phenoxy) is 2. The summed E-state index contributed by atoms with van der Waals surface area (Å²) in [6.45, 7) is 0. The van der Waals surface area contributed by atoms with E-state index in [9.17, 15) is 0 Å². The van der Waals surface area contributed by atoms with Crippen LogP contribution in [0.25, 0.3) is 27.4 Å². The lowest BCUT2D eigenvalue weighted by molar-refractivity contribution is 0.413. The fraction of sp³-hybridized carbons (Fsp3) is 0.100. The number of nitrogen functional groups attached to an aromatic ring is 1. The van der Waals surface area contributed by atoms with Crippen molar-refractivity contribution in [3.05, 3.63) is 60.8 Å². The van der Waals surface area contributed by atoms with Gasteiger partial charge < -0.3 is 19.8 Å². The first-order valence-corrected chi connectivity index (χ1v) is 7.73. The number of nitrogens with zero attached hydrogens (tertiary/aromatic N) is 1. The first-order chi connectivity index (χ1) is 11.7. The second-order valence-electron chi connectivity index (χ2n) is 5.67. The Balaban J connectivity index is 2.07. The fourth-order valence-electron chi connectivity index (χ4n) is 3.23. The first-order valence-electron chi connectivity index (χ1n) is 7.73. The highest BCUT2D eigenvalue weighted by molar-refractivity contribution is 6.10. The summed E-state index contributed by atoms with van der Waals surface area (Å²) in [5.41, 5.74) is 8.56. The van der Waals surface area contributed by atoms with Crippen LogP contribution in [0.1, 0.15) is 0 Å². The molecule has 120 valence electrons. The van der Waals surface area contributed by atoms with E-state index in [1.807, 2.05) is 36.5 Å². The maximum atomic E-state index is 5.88. The van der Waals surface area contributed by atoms with Crippen LogP contribution in [0.3, 0.4) is 0 Å². The number of anilines is 1. The van der Waals surface area contributed by atoms with Gasteiger partial charge in [0.15, 0.2) is 0 Å². The Morgan fingerprint density at radius 2 is 1.54 bits per heavy atom. The van der Waals surface area contributed by atoms with Crippen LogP contribution < -0.4 is 15.2 Å². The second kappa shape index (κ2) is 5.49. The van der Waals surface area contributed by atoms with E-state index >= 15 is 0 Å². The van der Waals surface area contributed by atoms with E-state index in [2.05, 4.69) is 28.8 Å². The molecule has 0 atom stereocenters. The average molecular weight is 318 g/mol. The Hall–Kier alpha value is -3.14. The Morgan fingerprint density at radius 1 is 0.792 bits per heavy atom. The molecule has 0 radical (unpaired) electrons. The fourth-order valence-corrected chi connectivity index (χ4v) is 3.23. The molecule has 0 aliphatic heterocycles. The number of fused-ring (bicyclic) bond motifs is 3. The molecule has 0 aliphatic rings. The molecule has 0 saturated heterocycles. The summed E-state index contributed by atoms with van der Waals surface area (Å²) in [5.74, 6) is 1.59. The SMILES string of the molecule is COc1cc(N)ccc1-n1ccc2c3ccccc3c(OC)cc21. The highest BCUT2D eigenvalue weighted by atomic mass is 16.5. The Kier molecular flexibility index (Phi) is 3.31. The zero-order chi connectivity index (χ0) is 16.7. The Morgan fingerprint density at radius 3 is 2.29 bits per heavy atom. The molecule has 0 aliphatic carbocycles. The van der Waals surface area contributed by atoms with Gasteiger partial charge in [-0.25, -0.2) is 0 Å². The number of aromatic nitrogens is 1. The van der Waals surface area contributed by atoms with Crippen LogP contribution in [0, 0.1) is 0 Å². The molecule has 4 heteroatoms. The molecular formula is C20H18N2O2. The maximum absolute atomic E-state index is 5.88. The van der Waals surface area contributed by atoms with Crippen molar-refractivity contribution < 1.29 is 9.47 Å². The molecular weight excluding hydrogens is 300 g/mol. The quantitative estimate of drug-likeness (QED) is 0.570. The summed E-state index contributed by atoms with van der Waals surface area (Å²) < 4.78 is 13.2. The normalized spacial score (nSPS) is 11.1. The number of methoxy groups -OCH3 is 2. The van der Waals surface area contributed by atoms with Gasteiger partial charge in [-0.2, -0.15) is 0 Å². The molecule has 0 fully saturated rings. The zero-order valence-corrected chi connectivity index (χ0v) is 13.6. The first kappa shape index (κ1) is 14.5. The van der Waals surface area contributed by atoms with Crippen LogP contribution in [0.4, 0.5) is 5.69 Å². The lowest BCUT2D eigenvalue weighted by Gasteiger charge is -2.13. The second-order valence-corrected chi connectivity index (χ2v) is 5.67. The number of hydrogen-bond acceptors (Lipinski definition) is 3. The van der Waals surface area contributed by atoms with Gasteiger partial charge in [0.1, 0.15) is 11.5 Å². The average Bonchev–Trinajstić information content (AvgIpc) is 3.04. The monoisotopic (exact) mass is 318 g/mol. The van der Waals surface area contributed by atoms with Crippen LogP contribution in [-0.4, -0.2) is 18.8 Å². The van der Waals surface area contributed by atoms with Crippen molar-refractivity contribution in [3.63, 3.8) is 0 Å². The molecule has 0 spiro atoms. The van der Waals surface area contributed by atoms with Crippen LogP contribution in [0.15, 0.2) is 60.8 Å². The highest BCUT2D eigenvalue weighted by Crippen LogP contribution is 2.36. The summed E-state index contributed by atoms with van der Waals surface area (Å²) in [7, 11) is 3.35. The molecule has 4 rings (SSSR count). The minimum absolute atomic E-state index is 0.676. The number of nitrogens with two attached hydrogens (primary N) is 1. The van der Waals surface area contributed by atoms with Crippen molar-refractivity contribution in [3.8, 4) is 17.2 Å². The maximum Gasteiger partial charge on any atom is 0.144 e. The van der Waals surface area contributed by atoms with Gasteiger partial charge in [0.25, 0.3) is 0 Å². The van der Waals surface area contributed by atoms with Crippen molar-refractivity contribution in [2.75, 3.05) is 20.0 Å². The molecule has 1 heterocycles. The molecule has 4 nitrogen and oxygen atoms in total. The molecule has 0 bridgehead atoms. The van der Waals surface area contributed by atoms with E-state index in [1.165, 1.54) is 10.8 Å². The minimum Gasteiger partial charge on any atom is -0.496 e.